The molecule has 0 aromatic heterocycles. The molecule has 4 unspecified atom stereocenters. The number of carboxylic acids is 1. The number of thioether (sulfide) groups is 1. The van der Waals surface area contributed by atoms with E-state index in [1.54, 1.807) is 6.26 Å². The number of carbonyl (C=O) groups is 5. The van der Waals surface area contributed by atoms with Crippen LogP contribution in [0.2, 0.25) is 0 Å². The molecule has 0 aliphatic heterocycles. The van der Waals surface area contributed by atoms with Crippen molar-refractivity contribution in [2.75, 3.05) is 25.1 Å². The fourth-order valence-electron chi connectivity index (χ4n) is 3.13. The number of hydrogen-bond acceptors (Lipinski definition) is 9. The summed E-state index contributed by atoms with van der Waals surface area (Å²) >= 11 is 1.41. The average Bonchev–Trinajstić information content (AvgIpc) is 2.79. The van der Waals surface area contributed by atoms with Gasteiger partial charge in [-0.3, -0.25) is 19.2 Å². The highest BCUT2D eigenvalue weighted by atomic mass is 32.2. The fourth-order valence-corrected chi connectivity index (χ4v) is 3.60. The molecular weight excluding hydrogens is 478 g/mol. The number of carbonyl (C=O) groups excluding carboxylic acids is 4. The quantitative estimate of drug-likeness (QED) is 0.0802. The molecule has 4 atom stereocenters. The third-order valence-electron chi connectivity index (χ3n) is 5.15. The van der Waals surface area contributed by atoms with Gasteiger partial charge >= 0.3 is 5.97 Å². The molecule has 35 heavy (non-hydrogen) atoms. The molecule has 0 heterocycles. The van der Waals surface area contributed by atoms with E-state index in [0.717, 1.165) is 0 Å². The summed E-state index contributed by atoms with van der Waals surface area (Å²) < 4.78 is 0. The maximum absolute atomic E-state index is 13.0. The zero-order valence-corrected chi connectivity index (χ0v) is 21.1. The number of amides is 4. The minimum atomic E-state index is -1.41. The Morgan fingerprint density at radius 1 is 0.771 bits per heavy atom. The van der Waals surface area contributed by atoms with E-state index >= 15 is 0 Å². The van der Waals surface area contributed by atoms with Gasteiger partial charge in [0.05, 0.1) is 12.5 Å². The highest BCUT2D eigenvalue weighted by Gasteiger charge is 2.31. The number of primary amides is 1. The maximum Gasteiger partial charge on any atom is 0.326 e. The second-order valence-electron chi connectivity index (χ2n) is 8.15. The number of carboxylic acid groups (broad SMARTS) is 1. The molecule has 0 saturated heterocycles. The Bertz CT molecular complexity index is 697. The number of hydrogen-bond donors (Lipinski definition) is 8. The molecule has 12 N–H and O–H groups in total. The van der Waals surface area contributed by atoms with Gasteiger partial charge < -0.3 is 44.0 Å². The molecule has 0 aromatic carbocycles. The number of nitrogens with two attached hydrogens (primary N) is 4. The van der Waals surface area contributed by atoms with Crippen LogP contribution < -0.4 is 38.9 Å². The number of nitrogens with one attached hydrogen (secondary N) is 3. The Balaban J connectivity index is 5.42. The summed E-state index contributed by atoms with van der Waals surface area (Å²) in [5.41, 5.74) is 22.1. The molecule has 0 spiro atoms. The van der Waals surface area contributed by atoms with Gasteiger partial charge in [0.1, 0.15) is 18.1 Å². The lowest BCUT2D eigenvalue weighted by Crippen LogP contribution is -2.57. The van der Waals surface area contributed by atoms with Crippen molar-refractivity contribution < 1.29 is 29.1 Å². The number of unbranched alkanes of at least 4 members (excludes halogenated alkanes) is 2. The molecule has 0 rings (SSSR count). The summed E-state index contributed by atoms with van der Waals surface area (Å²) in [6.45, 7) is 0.863. The Morgan fingerprint density at radius 2 is 1.29 bits per heavy atom. The monoisotopic (exact) mass is 519 g/mol. The van der Waals surface area contributed by atoms with Crippen LogP contribution in [-0.2, 0) is 24.0 Å². The first-order valence-electron chi connectivity index (χ1n) is 11.6. The zero-order valence-electron chi connectivity index (χ0n) is 20.3. The van der Waals surface area contributed by atoms with Gasteiger partial charge in [-0.15, -0.1) is 0 Å². The second-order valence-corrected chi connectivity index (χ2v) is 9.13. The molecule has 14 heteroatoms. The van der Waals surface area contributed by atoms with Crippen molar-refractivity contribution in [2.24, 2.45) is 22.9 Å². The normalized spacial score (nSPS) is 14.3. The van der Waals surface area contributed by atoms with E-state index in [-0.39, 0.29) is 12.8 Å². The van der Waals surface area contributed by atoms with E-state index in [1.165, 1.54) is 11.8 Å². The Morgan fingerprint density at radius 3 is 1.80 bits per heavy atom. The fraction of sp³-hybridized carbons (Fsp3) is 0.762. The molecule has 4 amide bonds. The summed E-state index contributed by atoms with van der Waals surface area (Å²) in [6, 6.07) is -4.49. The summed E-state index contributed by atoms with van der Waals surface area (Å²) in [6.07, 6.45) is 4.48. The predicted molar refractivity (Wildman–Crippen MR) is 134 cm³/mol. The SMILES string of the molecule is CSCCC(NC(=O)C(CC(N)=O)NC(=O)C(CCCCN)NC(=O)C(N)CCCCN)C(=O)O. The van der Waals surface area contributed by atoms with E-state index in [0.29, 0.717) is 50.9 Å². The summed E-state index contributed by atoms with van der Waals surface area (Å²) in [7, 11) is 0. The predicted octanol–water partition coefficient (Wildman–Crippen LogP) is -2.26. The van der Waals surface area contributed by atoms with E-state index in [9.17, 15) is 29.1 Å². The second kappa shape index (κ2) is 18.9. The van der Waals surface area contributed by atoms with E-state index in [1.807, 2.05) is 0 Å². The van der Waals surface area contributed by atoms with E-state index < -0.39 is 60.2 Å². The smallest absolute Gasteiger partial charge is 0.326 e. The van der Waals surface area contributed by atoms with Crippen LogP contribution in [0.5, 0.6) is 0 Å². The summed E-state index contributed by atoms with van der Waals surface area (Å²) in [5, 5.41) is 16.7. The summed E-state index contributed by atoms with van der Waals surface area (Å²) in [4.78, 5) is 61.2. The van der Waals surface area contributed by atoms with Gasteiger partial charge in [-0.25, -0.2) is 4.79 Å². The van der Waals surface area contributed by atoms with Crippen LogP contribution in [0.3, 0.4) is 0 Å². The van der Waals surface area contributed by atoms with Crippen molar-refractivity contribution in [2.45, 2.75) is 75.5 Å². The van der Waals surface area contributed by atoms with Crippen molar-refractivity contribution >= 4 is 41.4 Å². The highest BCUT2D eigenvalue weighted by Crippen LogP contribution is 2.06. The topological polar surface area (TPSA) is 246 Å². The molecule has 0 radical (unpaired) electrons. The third kappa shape index (κ3) is 14.5. The van der Waals surface area contributed by atoms with Gasteiger partial charge in [-0.1, -0.05) is 6.42 Å². The zero-order chi connectivity index (χ0) is 26.8. The highest BCUT2D eigenvalue weighted by molar-refractivity contribution is 7.98. The van der Waals surface area contributed by atoms with Gasteiger partial charge in [-0.05, 0) is 63.6 Å². The third-order valence-corrected chi connectivity index (χ3v) is 5.79. The van der Waals surface area contributed by atoms with Crippen molar-refractivity contribution in [3.8, 4) is 0 Å². The minimum absolute atomic E-state index is 0.152. The molecule has 0 aromatic rings. The van der Waals surface area contributed by atoms with Gasteiger partial charge in [-0.2, -0.15) is 11.8 Å². The van der Waals surface area contributed by atoms with Crippen LogP contribution in [0.1, 0.15) is 51.4 Å². The lowest BCUT2D eigenvalue weighted by molar-refractivity contribution is -0.142. The van der Waals surface area contributed by atoms with E-state index in [2.05, 4.69) is 16.0 Å². The molecular formula is C21H41N7O6S. The molecule has 0 fully saturated rings. The van der Waals surface area contributed by atoms with Crippen LogP contribution in [0, 0.1) is 0 Å². The lowest BCUT2D eigenvalue weighted by Gasteiger charge is -2.25. The molecule has 202 valence electrons. The summed E-state index contributed by atoms with van der Waals surface area (Å²) in [5.74, 6) is -3.75. The molecule has 0 aliphatic carbocycles. The molecule has 0 bridgehead atoms. The van der Waals surface area contributed by atoms with Crippen LogP contribution in [0.15, 0.2) is 0 Å². The maximum atomic E-state index is 13.0. The Hall–Kier alpha value is -2.42. The van der Waals surface area contributed by atoms with Crippen LogP contribution >= 0.6 is 11.8 Å². The first-order valence-corrected chi connectivity index (χ1v) is 13.0. The van der Waals surface area contributed by atoms with Crippen molar-refractivity contribution in [1.82, 2.24) is 16.0 Å². The van der Waals surface area contributed by atoms with Gasteiger partial charge in [0.2, 0.25) is 23.6 Å². The Labute approximate surface area is 210 Å². The van der Waals surface area contributed by atoms with Crippen molar-refractivity contribution in [3.63, 3.8) is 0 Å². The van der Waals surface area contributed by atoms with Gasteiger partial charge in [0.15, 0.2) is 0 Å². The van der Waals surface area contributed by atoms with Gasteiger partial charge in [0, 0.05) is 0 Å². The minimum Gasteiger partial charge on any atom is -0.480 e. The van der Waals surface area contributed by atoms with Crippen LogP contribution in [-0.4, -0.2) is 84.0 Å². The van der Waals surface area contributed by atoms with Crippen LogP contribution in [0.4, 0.5) is 0 Å². The van der Waals surface area contributed by atoms with Crippen LogP contribution in [0.25, 0.3) is 0 Å². The van der Waals surface area contributed by atoms with Crippen molar-refractivity contribution in [3.05, 3.63) is 0 Å². The van der Waals surface area contributed by atoms with E-state index in [4.69, 9.17) is 22.9 Å². The first kappa shape index (κ1) is 32.6. The first-order chi connectivity index (χ1) is 16.6. The standard InChI is InChI=1S/C21H41N7O6S/c1-35-11-8-15(21(33)34)27-20(32)16(12-17(25)29)28-19(31)14(7-3-5-10-23)26-18(30)13(24)6-2-4-9-22/h13-16H,2-12,22-24H2,1H3,(H2,25,29)(H,26,30)(H,27,32)(H,28,31)(H,33,34). The van der Waals surface area contributed by atoms with Gasteiger partial charge in [0.25, 0.3) is 0 Å². The van der Waals surface area contributed by atoms with Crippen molar-refractivity contribution in [1.29, 1.82) is 0 Å². The molecule has 13 nitrogen and oxygen atoms in total. The number of rotatable bonds is 20. The largest absolute Gasteiger partial charge is 0.480 e. The molecule has 0 aliphatic rings. The lowest BCUT2D eigenvalue weighted by atomic mass is 10.0. The number of aliphatic carboxylic acids is 1. The average molecular weight is 520 g/mol. The molecule has 0 saturated carbocycles. The Kier molecular flexibility index (Phi) is 17.5.